The first kappa shape index (κ1) is 13.8. The molecule has 3 rings (SSSR count). The van der Waals surface area contributed by atoms with E-state index in [2.05, 4.69) is 15.3 Å². The molecule has 1 aromatic carbocycles. The number of likely N-dealkylation sites (N-methyl/N-ethyl adjacent to an activating group) is 1. The van der Waals surface area contributed by atoms with E-state index in [-0.39, 0.29) is 11.9 Å². The standard InChI is InChI=1S/C15H15ClN4O/c1-20(9-12-8-17-4-5-18-12)15(21)14-7-10-6-11(16)2-3-13(10)19-14/h2-6,8,14,19H,7,9H2,1H3/t14-/m1/s1. The zero-order valence-corrected chi connectivity index (χ0v) is 12.3. The van der Waals surface area contributed by atoms with Crippen molar-refractivity contribution in [1.29, 1.82) is 0 Å². The minimum atomic E-state index is -0.250. The van der Waals surface area contributed by atoms with Crippen LogP contribution in [0.1, 0.15) is 11.3 Å². The van der Waals surface area contributed by atoms with Crippen LogP contribution in [0.25, 0.3) is 0 Å². The molecule has 1 N–H and O–H groups in total. The molecule has 1 aromatic heterocycles. The number of hydrogen-bond donors (Lipinski definition) is 1. The maximum atomic E-state index is 12.5. The van der Waals surface area contributed by atoms with E-state index in [9.17, 15) is 4.79 Å². The van der Waals surface area contributed by atoms with Gasteiger partial charge in [0.2, 0.25) is 5.91 Å². The Bertz CT molecular complexity index is 662. The molecule has 6 heteroatoms. The summed E-state index contributed by atoms with van der Waals surface area (Å²) in [4.78, 5) is 22.3. The first-order valence-electron chi connectivity index (χ1n) is 6.68. The van der Waals surface area contributed by atoms with Crippen molar-refractivity contribution in [2.24, 2.45) is 0 Å². The summed E-state index contributed by atoms with van der Waals surface area (Å²) in [5, 5.41) is 3.93. The monoisotopic (exact) mass is 302 g/mol. The van der Waals surface area contributed by atoms with Crippen LogP contribution in [0, 0.1) is 0 Å². The molecule has 108 valence electrons. The molecule has 0 saturated heterocycles. The minimum Gasteiger partial charge on any atom is -0.373 e. The van der Waals surface area contributed by atoms with Crippen LogP contribution < -0.4 is 5.32 Å². The second-order valence-corrected chi connectivity index (χ2v) is 5.53. The molecule has 1 aliphatic rings. The minimum absolute atomic E-state index is 0.0352. The summed E-state index contributed by atoms with van der Waals surface area (Å²) in [6, 6.07) is 5.39. The average Bonchev–Trinajstić information content (AvgIpc) is 2.90. The number of anilines is 1. The number of halogens is 1. The second kappa shape index (κ2) is 5.69. The normalized spacial score (nSPS) is 16.2. The van der Waals surface area contributed by atoms with E-state index in [1.54, 1.807) is 30.5 Å². The number of benzene rings is 1. The Kier molecular flexibility index (Phi) is 3.75. The molecule has 2 heterocycles. The van der Waals surface area contributed by atoms with Crippen molar-refractivity contribution >= 4 is 23.2 Å². The van der Waals surface area contributed by atoms with Gasteiger partial charge in [-0.2, -0.15) is 0 Å². The van der Waals surface area contributed by atoms with Gasteiger partial charge in [-0.05, 0) is 23.8 Å². The fraction of sp³-hybridized carbons (Fsp3) is 0.267. The molecule has 1 aliphatic heterocycles. The number of nitrogens with zero attached hydrogens (tertiary/aromatic N) is 3. The number of aromatic nitrogens is 2. The van der Waals surface area contributed by atoms with Crippen LogP contribution >= 0.6 is 11.6 Å². The molecule has 0 radical (unpaired) electrons. The third-order valence-corrected chi connectivity index (χ3v) is 3.75. The number of carbonyl (C=O) groups excluding carboxylic acids is 1. The van der Waals surface area contributed by atoms with E-state index >= 15 is 0 Å². The van der Waals surface area contributed by atoms with Gasteiger partial charge in [0.25, 0.3) is 0 Å². The molecule has 5 nitrogen and oxygen atoms in total. The topological polar surface area (TPSA) is 58.1 Å². The summed E-state index contributed by atoms with van der Waals surface area (Å²) in [7, 11) is 1.77. The Balaban J connectivity index is 1.67. The van der Waals surface area contributed by atoms with Gasteiger partial charge in [0.1, 0.15) is 6.04 Å². The van der Waals surface area contributed by atoms with Gasteiger partial charge >= 0.3 is 0 Å². The molecule has 0 unspecified atom stereocenters. The van der Waals surface area contributed by atoms with E-state index in [0.29, 0.717) is 18.0 Å². The maximum Gasteiger partial charge on any atom is 0.245 e. The summed E-state index contributed by atoms with van der Waals surface area (Å²) in [5.74, 6) is 0.0352. The molecule has 1 amide bonds. The summed E-state index contributed by atoms with van der Waals surface area (Å²) >= 11 is 5.98. The lowest BCUT2D eigenvalue weighted by Gasteiger charge is -2.21. The van der Waals surface area contributed by atoms with Crippen LogP contribution in [0.5, 0.6) is 0 Å². The summed E-state index contributed by atoms with van der Waals surface area (Å²) in [6.07, 6.45) is 5.56. The quantitative estimate of drug-likeness (QED) is 0.943. The molecule has 0 spiro atoms. The fourth-order valence-corrected chi connectivity index (χ4v) is 2.67. The van der Waals surface area contributed by atoms with Gasteiger partial charge in [-0.15, -0.1) is 0 Å². The number of carbonyl (C=O) groups is 1. The predicted octanol–water partition coefficient (Wildman–Crippen LogP) is 2.13. The van der Waals surface area contributed by atoms with E-state index in [1.165, 1.54) is 0 Å². The van der Waals surface area contributed by atoms with Crippen molar-refractivity contribution in [3.05, 3.63) is 53.1 Å². The Morgan fingerprint density at radius 2 is 2.33 bits per heavy atom. The SMILES string of the molecule is CN(Cc1cnccn1)C(=O)[C@H]1Cc2cc(Cl)ccc2N1. The van der Waals surface area contributed by atoms with Gasteiger partial charge in [-0.25, -0.2) is 0 Å². The maximum absolute atomic E-state index is 12.5. The van der Waals surface area contributed by atoms with Crippen molar-refractivity contribution in [3.63, 3.8) is 0 Å². The Hall–Kier alpha value is -2.14. The van der Waals surface area contributed by atoms with Crippen LogP contribution in [-0.2, 0) is 17.8 Å². The third-order valence-electron chi connectivity index (χ3n) is 3.51. The highest BCUT2D eigenvalue weighted by molar-refractivity contribution is 6.30. The number of nitrogens with one attached hydrogen (secondary N) is 1. The van der Waals surface area contributed by atoms with E-state index < -0.39 is 0 Å². The molecule has 1 atom stereocenters. The van der Waals surface area contributed by atoms with Crippen LogP contribution in [0.15, 0.2) is 36.8 Å². The molecule has 0 saturated carbocycles. The highest BCUT2D eigenvalue weighted by atomic mass is 35.5. The molecule has 0 aliphatic carbocycles. The van der Waals surface area contributed by atoms with Gasteiger partial charge in [0.05, 0.1) is 18.4 Å². The Labute approximate surface area is 128 Å². The van der Waals surface area contributed by atoms with Gasteiger partial charge in [0.15, 0.2) is 0 Å². The molecular weight excluding hydrogens is 288 g/mol. The van der Waals surface area contributed by atoms with Gasteiger partial charge < -0.3 is 10.2 Å². The van der Waals surface area contributed by atoms with Gasteiger partial charge in [0, 0.05) is 36.6 Å². The summed E-state index contributed by atoms with van der Waals surface area (Å²) in [5.41, 5.74) is 2.83. The Morgan fingerprint density at radius 3 is 3.10 bits per heavy atom. The highest BCUT2D eigenvalue weighted by Gasteiger charge is 2.29. The summed E-state index contributed by atoms with van der Waals surface area (Å²) < 4.78 is 0. The van der Waals surface area contributed by atoms with Crippen LogP contribution in [0.3, 0.4) is 0 Å². The average molecular weight is 303 g/mol. The summed E-state index contributed by atoms with van der Waals surface area (Å²) in [6.45, 7) is 0.446. The van der Waals surface area contributed by atoms with Crippen molar-refractivity contribution in [2.45, 2.75) is 19.0 Å². The zero-order chi connectivity index (χ0) is 14.8. The van der Waals surface area contributed by atoms with Crippen LogP contribution in [0.4, 0.5) is 5.69 Å². The second-order valence-electron chi connectivity index (χ2n) is 5.09. The van der Waals surface area contributed by atoms with E-state index in [4.69, 9.17) is 11.6 Å². The molecule has 2 aromatic rings. The lowest BCUT2D eigenvalue weighted by Crippen LogP contribution is -2.39. The molecule has 21 heavy (non-hydrogen) atoms. The Morgan fingerprint density at radius 1 is 1.48 bits per heavy atom. The number of hydrogen-bond acceptors (Lipinski definition) is 4. The van der Waals surface area contributed by atoms with Crippen molar-refractivity contribution in [2.75, 3.05) is 12.4 Å². The van der Waals surface area contributed by atoms with E-state index in [0.717, 1.165) is 16.9 Å². The molecule has 0 fully saturated rings. The number of amides is 1. The zero-order valence-electron chi connectivity index (χ0n) is 11.6. The predicted molar refractivity (Wildman–Crippen MR) is 81.1 cm³/mol. The first-order chi connectivity index (χ1) is 10.1. The first-order valence-corrected chi connectivity index (χ1v) is 7.06. The third kappa shape index (κ3) is 2.97. The molecular formula is C15H15ClN4O. The van der Waals surface area contributed by atoms with Crippen LogP contribution in [0.2, 0.25) is 5.02 Å². The lowest BCUT2D eigenvalue weighted by atomic mass is 10.1. The lowest BCUT2D eigenvalue weighted by molar-refractivity contribution is -0.131. The van der Waals surface area contributed by atoms with Crippen LogP contribution in [-0.4, -0.2) is 33.9 Å². The van der Waals surface area contributed by atoms with Gasteiger partial charge in [-0.1, -0.05) is 11.6 Å². The number of rotatable bonds is 3. The van der Waals surface area contributed by atoms with Gasteiger partial charge in [-0.3, -0.25) is 14.8 Å². The largest absolute Gasteiger partial charge is 0.373 e. The van der Waals surface area contributed by atoms with Crippen molar-refractivity contribution in [1.82, 2.24) is 14.9 Å². The number of fused-ring (bicyclic) bond motifs is 1. The highest BCUT2D eigenvalue weighted by Crippen LogP contribution is 2.29. The van der Waals surface area contributed by atoms with Crippen molar-refractivity contribution < 1.29 is 4.79 Å². The fourth-order valence-electron chi connectivity index (χ4n) is 2.48. The molecule has 0 bridgehead atoms. The van der Waals surface area contributed by atoms with Crippen molar-refractivity contribution in [3.8, 4) is 0 Å². The van der Waals surface area contributed by atoms with E-state index in [1.807, 2.05) is 18.2 Å². The smallest absolute Gasteiger partial charge is 0.245 e.